The third-order valence-corrected chi connectivity index (χ3v) is 3.14. The molecule has 1 aliphatic rings. The van der Waals surface area contributed by atoms with E-state index < -0.39 is 0 Å². The van der Waals surface area contributed by atoms with Crippen molar-refractivity contribution in [1.82, 2.24) is 5.32 Å². The van der Waals surface area contributed by atoms with Crippen LogP contribution in [0.4, 0.5) is 0 Å². The van der Waals surface area contributed by atoms with Gasteiger partial charge < -0.3 is 5.32 Å². The van der Waals surface area contributed by atoms with Gasteiger partial charge in [-0.25, -0.2) is 0 Å². The van der Waals surface area contributed by atoms with Crippen LogP contribution in [0.25, 0.3) is 16.5 Å². The van der Waals surface area contributed by atoms with Crippen LogP contribution in [0.2, 0.25) is 0 Å². The van der Waals surface area contributed by atoms with E-state index >= 15 is 0 Å². The third kappa shape index (κ3) is 1.58. The van der Waals surface area contributed by atoms with Crippen molar-refractivity contribution in [3.63, 3.8) is 0 Å². The van der Waals surface area contributed by atoms with Gasteiger partial charge in [0.05, 0.1) is 0 Å². The molecule has 0 aromatic heterocycles. The molecule has 1 heterocycles. The molecule has 2 aromatic carbocycles. The second-order valence-electron chi connectivity index (χ2n) is 4.46. The van der Waals surface area contributed by atoms with Crippen LogP contribution >= 0.6 is 0 Å². The molecule has 3 rings (SSSR count). The van der Waals surface area contributed by atoms with Gasteiger partial charge in [0, 0.05) is 11.7 Å². The number of hydrogen-bond acceptors (Lipinski definition) is 1. The van der Waals surface area contributed by atoms with E-state index in [1.165, 1.54) is 22.0 Å². The van der Waals surface area contributed by atoms with Gasteiger partial charge >= 0.3 is 0 Å². The molecule has 0 fully saturated rings. The van der Waals surface area contributed by atoms with Crippen LogP contribution in [0, 0.1) is 0 Å². The number of nitrogens with one attached hydrogen (secondary N) is 1. The summed E-state index contributed by atoms with van der Waals surface area (Å²) in [7, 11) is 0. The Hall–Kier alpha value is -1.76. The molecule has 0 aliphatic carbocycles. The zero-order valence-corrected chi connectivity index (χ0v) is 9.40. The molecule has 1 nitrogen and oxygen atoms in total. The second-order valence-corrected chi connectivity index (χ2v) is 4.46. The highest BCUT2D eigenvalue weighted by molar-refractivity contribution is 5.86. The van der Waals surface area contributed by atoms with Crippen LogP contribution in [0.1, 0.15) is 18.9 Å². The first kappa shape index (κ1) is 9.46. The fourth-order valence-electron chi connectivity index (χ4n) is 2.24. The van der Waals surface area contributed by atoms with E-state index in [1.54, 1.807) is 0 Å². The first-order valence-electron chi connectivity index (χ1n) is 5.79. The van der Waals surface area contributed by atoms with Crippen molar-refractivity contribution in [2.24, 2.45) is 0 Å². The maximum Gasteiger partial charge on any atom is 0.0376 e. The number of rotatable bonds is 1. The Morgan fingerprint density at radius 1 is 1.06 bits per heavy atom. The van der Waals surface area contributed by atoms with Gasteiger partial charge in [-0.2, -0.15) is 0 Å². The molecule has 1 atom stereocenters. The molecule has 1 aliphatic heterocycles. The van der Waals surface area contributed by atoms with Gasteiger partial charge in [-0.15, -0.1) is 0 Å². The summed E-state index contributed by atoms with van der Waals surface area (Å²) in [6, 6.07) is 15.7. The molecule has 0 saturated carbocycles. The molecule has 0 saturated heterocycles. The highest BCUT2D eigenvalue weighted by Crippen LogP contribution is 2.23. The molecule has 2 aromatic rings. The van der Waals surface area contributed by atoms with Gasteiger partial charge in [-0.05, 0) is 35.7 Å². The topological polar surface area (TPSA) is 12.0 Å². The molecule has 80 valence electrons. The lowest BCUT2D eigenvalue weighted by Crippen LogP contribution is -2.17. The molecule has 1 unspecified atom stereocenters. The van der Waals surface area contributed by atoms with Gasteiger partial charge in [0.1, 0.15) is 0 Å². The van der Waals surface area contributed by atoms with E-state index in [-0.39, 0.29) is 0 Å². The number of fused-ring (bicyclic) bond motifs is 1. The second kappa shape index (κ2) is 3.67. The summed E-state index contributed by atoms with van der Waals surface area (Å²) in [5.74, 6) is 0. The summed E-state index contributed by atoms with van der Waals surface area (Å²) >= 11 is 0. The summed E-state index contributed by atoms with van der Waals surface area (Å²) in [4.78, 5) is 0. The van der Waals surface area contributed by atoms with Gasteiger partial charge in [0.25, 0.3) is 0 Å². The van der Waals surface area contributed by atoms with Gasteiger partial charge in [-0.1, -0.05) is 42.5 Å². The van der Waals surface area contributed by atoms with Crippen LogP contribution in [-0.4, -0.2) is 6.04 Å². The summed E-state index contributed by atoms with van der Waals surface area (Å²) < 4.78 is 0. The molecule has 0 radical (unpaired) electrons. The van der Waals surface area contributed by atoms with Crippen molar-refractivity contribution in [3.05, 3.63) is 54.1 Å². The molecule has 1 heteroatoms. The van der Waals surface area contributed by atoms with Crippen molar-refractivity contribution < 1.29 is 0 Å². The van der Waals surface area contributed by atoms with E-state index in [4.69, 9.17) is 0 Å². The summed E-state index contributed by atoms with van der Waals surface area (Å²) in [6.45, 7) is 2.21. The van der Waals surface area contributed by atoms with Crippen molar-refractivity contribution in [2.75, 3.05) is 0 Å². The van der Waals surface area contributed by atoms with E-state index in [0.717, 1.165) is 6.42 Å². The third-order valence-electron chi connectivity index (χ3n) is 3.14. The monoisotopic (exact) mass is 209 g/mol. The maximum atomic E-state index is 3.50. The molecule has 0 amide bonds. The predicted molar refractivity (Wildman–Crippen MR) is 69.1 cm³/mol. The summed E-state index contributed by atoms with van der Waals surface area (Å²) in [5, 5.41) is 6.11. The Morgan fingerprint density at radius 3 is 2.62 bits per heavy atom. The summed E-state index contributed by atoms with van der Waals surface area (Å²) in [6.07, 6.45) is 3.41. The minimum atomic E-state index is 0.571. The highest BCUT2D eigenvalue weighted by atomic mass is 14.9. The smallest absolute Gasteiger partial charge is 0.0376 e. The maximum absolute atomic E-state index is 3.50. The van der Waals surface area contributed by atoms with Crippen LogP contribution in [0.3, 0.4) is 0 Å². The van der Waals surface area contributed by atoms with E-state index in [9.17, 15) is 0 Å². The lowest BCUT2D eigenvalue weighted by atomic mass is 10.1. The molecule has 1 N–H and O–H groups in total. The van der Waals surface area contributed by atoms with Crippen LogP contribution in [0.15, 0.2) is 48.5 Å². The van der Waals surface area contributed by atoms with Crippen molar-refractivity contribution in [2.45, 2.75) is 19.4 Å². The molecule has 0 spiro atoms. The minimum Gasteiger partial charge on any atom is -0.382 e. The average molecular weight is 209 g/mol. The van der Waals surface area contributed by atoms with Crippen LogP contribution in [-0.2, 0) is 0 Å². The van der Waals surface area contributed by atoms with E-state index in [0.29, 0.717) is 6.04 Å². The van der Waals surface area contributed by atoms with Crippen LogP contribution < -0.4 is 5.32 Å². The zero-order chi connectivity index (χ0) is 11.0. The quantitative estimate of drug-likeness (QED) is 0.757. The van der Waals surface area contributed by atoms with E-state index in [1.807, 2.05) is 0 Å². The zero-order valence-electron chi connectivity index (χ0n) is 9.40. The Balaban J connectivity index is 2.05. The highest BCUT2D eigenvalue weighted by Gasteiger charge is 2.12. The number of hydrogen-bond donors (Lipinski definition) is 1. The Kier molecular flexibility index (Phi) is 2.17. The Bertz CT molecular complexity index is 554. The lowest BCUT2D eigenvalue weighted by molar-refractivity contribution is 0.699. The predicted octanol–water partition coefficient (Wildman–Crippen LogP) is 3.56. The minimum absolute atomic E-state index is 0.571. The van der Waals surface area contributed by atoms with Crippen molar-refractivity contribution >= 4 is 16.5 Å². The SMILES string of the molecule is CC1CC=C(c2ccc3ccccc3c2)N1. The van der Waals surface area contributed by atoms with Gasteiger partial charge in [-0.3, -0.25) is 0 Å². The lowest BCUT2D eigenvalue weighted by Gasteiger charge is -2.09. The first-order chi connectivity index (χ1) is 7.83. The molecular weight excluding hydrogens is 194 g/mol. The summed E-state index contributed by atoms with van der Waals surface area (Å²) in [5.41, 5.74) is 2.57. The fourth-order valence-corrected chi connectivity index (χ4v) is 2.24. The largest absolute Gasteiger partial charge is 0.382 e. The van der Waals surface area contributed by atoms with Gasteiger partial charge in [0.15, 0.2) is 0 Å². The van der Waals surface area contributed by atoms with Crippen LogP contribution in [0.5, 0.6) is 0 Å². The normalized spacial score (nSPS) is 19.6. The standard InChI is InChI=1S/C15H15N/c1-11-6-9-15(16-11)14-8-7-12-4-2-3-5-13(12)10-14/h2-5,7-11,16H,6H2,1H3. The van der Waals surface area contributed by atoms with Crippen molar-refractivity contribution in [3.8, 4) is 0 Å². The Labute approximate surface area is 95.8 Å². The molecule has 0 bridgehead atoms. The molecular formula is C15H15N. The molecule has 16 heavy (non-hydrogen) atoms. The Morgan fingerprint density at radius 2 is 1.88 bits per heavy atom. The number of benzene rings is 2. The van der Waals surface area contributed by atoms with Gasteiger partial charge in [0.2, 0.25) is 0 Å². The van der Waals surface area contributed by atoms with Crippen molar-refractivity contribution in [1.29, 1.82) is 0 Å². The van der Waals surface area contributed by atoms with E-state index in [2.05, 4.69) is 60.8 Å². The first-order valence-corrected chi connectivity index (χ1v) is 5.79. The average Bonchev–Trinajstić information content (AvgIpc) is 2.75. The fraction of sp³-hybridized carbons (Fsp3) is 0.200.